The zero-order valence-electron chi connectivity index (χ0n) is 14.0. The fourth-order valence-corrected chi connectivity index (χ4v) is 3.73. The molecule has 2 aliphatic carbocycles. The van der Waals surface area contributed by atoms with Crippen LogP contribution in [-0.4, -0.2) is 18.0 Å². The summed E-state index contributed by atoms with van der Waals surface area (Å²) in [6.07, 6.45) is 2.73. The molecule has 1 N–H and O–H groups in total. The lowest BCUT2D eigenvalue weighted by molar-refractivity contribution is -0.120. The van der Waals surface area contributed by atoms with Gasteiger partial charge in [0.15, 0.2) is 0 Å². The molecule has 2 aromatic rings. The number of carbonyl (C=O) groups excluding carboxylic acids is 2. The van der Waals surface area contributed by atoms with Crippen molar-refractivity contribution in [1.29, 1.82) is 0 Å². The maximum absolute atomic E-state index is 14.6. The number of carbonyl (C=O) groups is 2. The predicted molar refractivity (Wildman–Crippen MR) is 93.9 cm³/mol. The summed E-state index contributed by atoms with van der Waals surface area (Å²) in [6, 6.07) is 11.8. The lowest BCUT2D eigenvalue weighted by Gasteiger charge is -2.17. The fraction of sp³-hybridized carbons (Fsp3) is 0.300. The Kier molecular flexibility index (Phi) is 3.13. The van der Waals surface area contributed by atoms with Gasteiger partial charge in [0.1, 0.15) is 11.6 Å². The van der Waals surface area contributed by atoms with E-state index in [1.165, 1.54) is 6.07 Å². The van der Waals surface area contributed by atoms with Crippen LogP contribution in [0.25, 0.3) is 0 Å². The molecule has 26 heavy (non-hydrogen) atoms. The third kappa shape index (κ3) is 2.29. The molecule has 0 aromatic heterocycles. The van der Waals surface area contributed by atoms with Gasteiger partial charge in [-0.25, -0.2) is 9.18 Å². The number of anilines is 2. The Morgan fingerprint density at radius 2 is 1.92 bits per heavy atom. The van der Waals surface area contributed by atoms with Crippen LogP contribution < -0.4 is 15.0 Å². The molecule has 1 spiro atoms. The molecule has 2 amide bonds. The van der Waals surface area contributed by atoms with Crippen molar-refractivity contribution < 1.29 is 18.7 Å². The normalized spacial score (nSPS) is 19.4. The number of halogens is 1. The van der Waals surface area contributed by atoms with Crippen LogP contribution in [-0.2, 0) is 10.2 Å². The van der Waals surface area contributed by atoms with Gasteiger partial charge in [0.05, 0.1) is 16.8 Å². The summed E-state index contributed by atoms with van der Waals surface area (Å²) in [6.45, 7) is 0. The number of ether oxygens (including phenoxy) is 1. The van der Waals surface area contributed by atoms with Gasteiger partial charge in [0.2, 0.25) is 5.91 Å². The van der Waals surface area contributed by atoms with Crippen molar-refractivity contribution in [3.05, 3.63) is 53.8 Å². The number of nitrogens with zero attached hydrogens (tertiary/aromatic N) is 1. The summed E-state index contributed by atoms with van der Waals surface area (Å²) in [7, 11) is 0. The van der Waals surface area contributed by atoms with Crippen LogP contribution in [0.2, 0.25) is 0 Å². The molecule has 2 saturated carbocycles. The number of fused-ring (bicyclic) bond motifs is 2. The number of benzene rings is 2. The summed E-state index contributed by atoms with van der Waals surface area (Å²) >= 11 is 0. The minimum absolute atomic E-state index is 0.0430. The number of rotatable bonds is 3. The van der Waals surface area contributed by atoms with E-state index in [4.69, 9.17) is 4.74 Å². The molecule has 132 valence electrons. The van der Waals surface area contributed by atoms with Gasteiger partial charge in [-0.1, -0.05) is 18.2 Å². The summed E-state index contributed by atoms with van der Waals surface area (Å²) in [5.41, 5.74) is 1.02. The molecular weight excluding hydrogens is 335 g/mol. The molecule has 2 aromatic carbocycles. The van der Waals surface area contributed by atoms with E-state index < -0.39 is 17.3 Å². The highest BCUT2D eigenvalue weighted by Crippen LogP contribution is 2.59. The Morgan fingerprint density at radius 3 is 2.58 bits per heavy atom. The van der Waals surface area contributed by atoms with Crippen LogP contribution in [0.5, 0.6) is 5.75 Å². The van der Waals surface area contributed by atoms with Crippen molar-refractivity contribution in [3.63, 3.8) is 0 Å². The van der Waals surface area contributed by atoms with Gasteiger partial charge in [0, 0.05) is 12.1 Å². The molecule has 5 nitrogen and oxygen atoms in total. The Balaban J connectivity index is 1.44. The third-order valence-electron chi connectivity index (χ3n) is 5.34. The lowest BCUT2D eigenvalue weighted by Crippen LogP contribution is -2.33. The smallest absolute Gasteiger partial charge is 0.410 e. The van der Waals surface area contributed by atoms with E-state index in [1.807, 2.05) is 6.07 Å². The summed E-state index contributed by atoms with van der Waals surface area (Å²) in [5, 5.41) is 2.46. The van der Waals surface area contributed by atoms with E-state index in [-0.39, 0.29) is 17.6 Å². The molecule has 1 heterocycles. The second-order valence-electron chi connectivity index (χ2n) is 7.17. The van der Waals surface area contributed by atoms with E-state index in [1.54, 1.807) is 35.2 Å². The first-order valence-corrected chi connectivity index (χ1v) is 8.80. The highest BCUT2D eigenvalue weighted by molar-refractivity contribution is 6.11. The summed E-state index contributed by atoms with van der Waals surface area (Å²) in [4.78, 5) is 26.6. The molecule has 0 atom stereocenters. The number of hydrogen-bond donors (Lipinski definition) is 1. The van der Waals surface area contributed by atoms with E-state index >= 15 is 0 Å². The van der Waals surface area contributed by atoms with Crippen molar-refractivity contribution in [2.24, 2.45) is 0 Å². The van der Waals surface area contributed by atoms with Gasteiger partial charge in [0.25, 0.3) is 0 Å². The molecule has 0 bridgehead atoms. The summed E-state index contributed by atoms with van der Waals surface area (Å²) < 4.78 is 19.7. The molecule has 5 rings (SSSR count). The Morgan fingerprint density at radius 1 is 1.19 bits per heavy atom. The second-order valence-corrected chi connectivity index (χ2v) is 7.17. The largest absolute Gasteiger partial charge is 0.417 e. The standard InChI is InChI=1S/C20H17FN2O3/c21-15-11-17-14(20(8-9-20)18(24)23(17)12-6-7-12)10-16(15)22-19(25)26-13-4-2-1-3-5-13/h1-5,10-12H,6-9H2,(H,22,25). The maximum atomic E-state index is 14.6. The number of nitrogens with one attached hydrogen (secondary N) is 1. The maximum Gasteiger partial charge on any atom is 0.417 e. The quantitative estimate of drug-likeness (QED) is 0.909. The highest BCUT2D eigenvalue weighted by atomic mass is 19.1. The first kappa shape index (κ1) is 15.4. The van der Waals surface area contributed by atoms with E-state index in [0.29, 0.717) is 11.4 Å². The molecule has 1 aliphatic heterocycles. The minimum atomic E-state index is -0.761. The molecule has 6 heteroatoms. The first-order valence-electron chi connectivity index (χ1n) is 8.80. The third-order valence-corrected chi connectivity index (χ3v) is 5.34. The molecule has 0 unspecified atom stereocenters. The van der Waals surface area contributed by atoms with Crippen LogP contribution >= 0.6 is 0 Å². The zero-order valence-corrected chi connectivity index (χ0v) is 14.0. The van der Waals surface area contributed by atoms with Gasteiger partial charge >= 0.3 is 6.09 Å². The van der Waals surface area contributed by atoms with Crippen LogP contribution in [0, 0.1) is 5.82 Å². The number of amides is 2. The van der Waals surface area contributed by atoms with Gasteiger partial charge in [-0.3, -0.25) is 10.1 Å². The van der Waals surface area contributed by atoms with Gasteiger partial charge in [-0.05, 0) is 49.4 Å². The van der Waals surface area contributed by atoms with Crippen molar-refractivity contribution in [1.82, 2.24) is 0 Å². The van der Waals surface area contributed by atoms with E-state index in [0.717, 1.165) is 31.2 Å². The Bertz CT molecular complexity index is 920. The van der Waals surface area contributed by atoms with Crippen molar-refractivity contribution in [3.8, 4) is 5.75 Å². The van der Waals surface area contributed by atoms with Crippen LogP contribution in [0.1, 0.15) is 31.2 Å². The average molecular weight is 352 g/mol. The molecule has 0 radical (unpaired) electrons. The lowest BCUT2D eigenvalue weighted by atomic mass is 9.97. The van der Waals surface area contributed by atoms with Gasteiger partial charge in [-0.15, -0.1) is 0 Å². The predicted octanol–water partition coefficient (Wildman–Crippen LogP) is 3.98. The minimum Gasteiger partial charge on any atom is -0.410 e. The second kappa shape index (κ2) is 5.30. The molecule has 3 aliphatic rings. The first-order chi connectivity index (χ1) is 12.6. The number of hydrogen-bond acceptors (Lipinski definition) is 3. The molecular formula is C20H17FN2O3. The average Bonchev–Trinajstić information content (AvgIpc) is 3.52. The Hall–Kier alpha value is -2.89. The highest BCUT2D eigenvalue weighted by Gasteiger charge is 2.61. The topological polar surface area (TPSA) is 58.6 Å². The van der Waals surface area contributed by atoms with Gasteiger partial charge in [-0.2, -0.15) is 0 Å². The van der Waals surface area contributed by atoms with Crippen LogP contribution in [0.15, 0.2) is 42.5 Å². The van der Waals surface area contributed by atoms with Crippen molar-refractivity contribution in [2.75, 3.05) is 10.2 Å². The SMILES string of the molecule is O=C(Nc1cc2c(cc1F)N(C1CC1)C(=O)C21CC1)Oc1ccccc1. The monoisotopic (exact) mass is 352 g/mol. The van der Waals surface area contributed by atoms with Crippen LogP contribution in [0.3, 0.4) is 0 Å². The molecule has 0 saturated heterocycles. The van der Waals surface area contributed by atoms with Gasteiger partial charge < -0.3 is 9.64 Å². The van der Waals surface area contributed by atoms with E-state index in [2.05, 4.69) is 5.32 Å². The van der Waals surface area contributed by atoms with Crippen molar-refractivity contribution >= 4 is 23.4 Å². The summed E-state index contributed by atoms with van der Waals surface area (Å²) in [5.74, 6) is -0.108. The van der Waals surface area contributed by atoms with Crippen LogP contribution in [0.4, 0.5) is 20.6 Å². The fourth-order valence-electron chi connectivity index (χ4n) is 3.73. The number of para-hydroxylation sites is 1. The zero-order chi connectivity index (χ0) is 17.9. The molecule has 2 fully saturated rings. The van der Waals surface area contributed by atoms with E-state index in [9.17, 15) is 14.0 Å². The van der Waals surface area contributed by atoms with Crippen molar-refractivity contribution in [2.45, 2.75) is 37.1 Å². The Labute approximate surface area is 149 Å².